The summed E-state index contributed by atoms with van der Waals surface area (Å²) in [5, 5.41) is 11.4. The van der Waals surface area contributed by atoms with E-state index in [0.717, 1.165) is 10.1 Å². The fourth-order valence-corrected chi connectivity index (χ4v) is 2.33. The first kappa shape index (κ1) is 15.5. The predicted molar refractivity (Wildman–Crippen MR) is 80.0 cm³/mol. The van der Waals surface area contributed by atoms with Crippen molar-refractivity contribution in [2.75, 3.05) is 19.0 Å². The van der Waals surface area contributed by atoms with Gasteiger partial charge in [-0.15, -0.1) is 10.2 Å². The zero-order valence-corrected chi connectivity index (χ0v) is 12.6. The van der Waals surface area contributed by atoms with E-state index in [2.05, 4.69) is 15.5 Å². The molecule has 1 heterocycles. The molecule has 1 aromatic heterocycles. The molecule has 7 nitrogen and oxygen atoms in total. The molecule has 0 radical (unpaired) electrons. The maximum atomic E-state index is 11.7. The lowest BCUT2D eigenvalue weighted by Crippen LogP contribution is -2.39. The second-order valence-electron chi connectivity index (χ2n) is 4.40. The van der Waals surface area contributed by atoms with Gasteiger partial charge in [-0.25, -0.2) is 0 Å². The molecule has 112 valence electrons. The molecular weight excluding hydrogens is 290 g/mol. The van der Waals surface area contributed by atoms with Crippen molar-refractivity contribution in [2.45, 2.75) is 16.1 Å². The number of methoxy groups -OCH3 is 1. The Morgan fingerprint density at radius 2 is 2.19 bits per heavy atom. The standard InChI is InChI=1S/C13H17N5O2S/c1-18-8-15-17-13(18)21-10-5-3-9(4-6-10)16-12(19)11(14)7-20-2/h3-6,8,11H,7,14H2,1-2H3,(H,16,19). The minimum absolute atomic E-state index is 0.186. The lowest BCUT2D eigenvalue weighted by atomic mass is 10.2. The second-order valence-corrected chi connectivity index (χ2v) is 5.44. The van der Waals surface area contributed by atoms with Gasteiger partial charge in [0.25, 0.3) is 0 Å². The van der Waals surface area contributed by atoms with Crippen LogP contribution in [-0.4, -0.2) is 40.4 Å². The number of hydrogen-bond donors (Lipinski definition) is 2. The Morgan fingerprint density at radius 3 is 2.76 bits per heavy atom. The van der Waals surface area contributed by atoms with Crippen molar-refractivity contribution in [2.24, 2.45) is 12.8 Å². The highest BCUT2D eigenvalue weighted by atomic mass is 32.2. The van der Waals surface area contributed by atoms with Crippen molar-refractivity contribution in [1.82, 2.24) is 14.8 Å². The number of carbonyl (C=O) groups excluding carboxylic acids is 1. The SMILES string of the molecule is COCC(N)C(=O)Nc1ccc(Sc2nncn2C)cc1. The smallest absolute Gasteiger partial charge is 0.243 e. The summed E-state index contributed by atoms with van der Waals surface area (Å²) in [5.41, 5.74) is 6.34. The van der Waals surface area contributed by atoms with E-state index >= 15 is 0 Å². The topological polar surface area (TPSA) is 95.1 Å². The molecular formula is C13H17N5O2S. The van der Waals surface area contributed by atoms with Gasteiger partial charge < -0.3 is 20.4 Å². The Morgan fingerprint density at radius 1 is 1.48 bits per heavy atom. The van der Waals surface area contributed by atoms with E-state index in [9.17, 15) is 4.79 Å². The molecule has 0 aliphatic heterocycles. The number of rotatable bonds is 6. The number of benzene rings is 1. The van der Waals surface area contributed by atoms with Crippen molar-refractivity contribution < 1.29 is 9.53 Å². The molecule has 0 aliphatic carbocycles. The molecule has 0 fully saturated rings. The molecule has 0 aliphatic rings. The Kier molecular flexibility index (Phi) is 5.32. The van der Waals surface area contributed by atoms with Gasteiger partial charge in [0.15, 0.2) is 5.16 Å². The van der Waals surface area contributed by atoms with Crippen LogP contribution in [0.1, 0.15) is 0 Å². The molecule has 0 bridgehead atoms. The number of carbonyl (C=O) groups is 1. The summed E-state index contributed by atoms with van der Waals surface area (Å²) in [4.78, 5) is 12.8. The van der Waals surface area contributed by atoms with E-state index in [0.29, 0.717) is 5.69 Å². The van der Waals surface area contributed by atoms with Crippen LogP contribution in [0.4, 0.5) is 5.69 Å². The number of nitrogens with two attached hydrogens (primary N) is 1. The summed E-state index contributed by atoms with van der Waals surface area (Å²) < 4.78 is 6.68. The Hall–Kier alpha value is -1.90. The van der Waals surface area contributed by atoms with E-state index in [1.807, 2.05) is 35.9 Å². The van der Waals surface area contributed by atoms with Crippen LogP contribution in [0, 0.1) is 0 Å². The number of hydrogen-bond acceptors (Lipinski definition) is 6. The Labute approximate surface area is 126 Å². The molecule has 3 N–H and O–H groups in total. The van der Waals surface area contributed by atoms with Crippen LogP contribution in [-0.2, 0) is 16.6 Å². The Balaban J connectivity index is 1.96. The van der Waals surface area contributed by atoms with Crippen LogP contribution < -0.4 is 11.1 Å². The number of amides is 1. The highest BCUT2D eigenvalue weighted by molar-refractivity contribution is 7.99. The van der Waals surface area contributed by atoms with Gasteiger partial charge in [0.1, 0.15) is 12.4 Å². The molecule has 8 heteroatoms. The van der Waals surface area contributed by atoms with Gasteiger partial charge in [-0.1, -0.05) is 0 Å². The quantitative estimate of drug-likeness (QED) is 0.822. The molecule has 1 atom stereocenters. The van der Waals surface area contributed by atoms with Gasteiger partial charge in [-0.05, 0) is 36.0 Å². The normalized spacial score (nSPS) is 12.1. The van der Waals surface area contributed by atoms with Crippen LogP contribution in [0.25, 0.3) is 0 Å². The molecule has 2 rings (SSSR count). The fraction of sp³-hybridized carbons (Fsp3) is 0.308. The summed E-state index contributed by atoms with van der Waals surface area (Å²) in [7, 11) is 3.39. The van der Waals surface area contributed by atoms with Crippen molar-refractivity contribution >= 4 is 23.4 Å². The summed E-state index contributed by atoms with van der Waals surface area (Å²) in [6.07, 6.45) is 1.65. The number of ether oxygens (including phenoxy) is 1. The highest BCUT2D eigenvalue weighted by Gasteiger charge is 2.13. The largest absolute Gasteiger partial charge is 0.383 e. The van der Waals surface area contributed by atoms with Gasteiger partial charge >= 0.3 is 0 Å². The van der Waals surface area contributed by atoms with Crippen molar-refractivity contribution in [1.29, 1.82) is 0 Å². The molecule has 0 saturated heterocycles. The molecule has 21 heavy (non-hydrogen) atoms. The molecule has 1 amide bonds. The van der Waals surface area contributed by atoms with E-state index in [-0.39, 0.29) is 12.5 Å². The number of aromatic nitrogens is 3. The third kappa shape index (κ3) is 4.28. The van der Waals surface area contributed by atoms with E-state index in [1.165, 1.54) is 18.9 Å². The summed E-state index contributed by atoms with van der Waals surface area (Å²) in [5.74, 6) is -0.273. The third-order valence-electron chi connectivity index (χ3n) is 2.68. The Bertz CT molecular complexity index is 599. The average molecular weight is 307 g/mol. The lowest BCUT2D eigenvalue weighted by Gasteiger charge is -2.11. The minimum atomic E-state index is -0.678. The number of nitrogens with zero attached hydrogens (tertiary/aromatic N) is 3. The first-order valence-corrected chi connectivity index (χ1v) is 7.09. The first-order valence-electron chi connectivity index (χ1n) is 6.27. The van der Waals surface area contributed by atoms with E-state index in [4.69, 9.17) is 10.5 Å². The van der Waals surface area contributed by atoms with Crippen LogP contribution in [0.3, 0.4) is 0 Å². The summed E-state index contributed by atoms with van der Waals surface area (Å²) in [6.45, 7) is 0.186. The molecule has 0 saturated carbocycles. The van der Waals surface area contributed by atoms with E-state index < -0.39 is 6.04 Å². The van der Waals surface area contributed by atoms with Crippen LogP contribution in [0.15, 0.2) is 40.6 Å². The second kappa shape index (κ2) is 7.21. The molecule has 1 aromatic carbocycles. The van der Waals surface area contributed by atoms with E-state index in [1.54, 1.807) is 6.33 Å². The van der Waals surface area contributed by atoms with Gasteiger partial charge in [0.2, 0.25) is 5.91 Å². The number of aryl methyl sites for hydroxylation is 1. The summed E-state index contributed by atoms with van der Waals surface area (Å²) >= 11 is 1.49. The minimum Gasteiger partial charge on any atom is -0.383 e. The van der Waals surface area contributed by atoms with Gasteiger partial charge in [-0.2, -0.15) is 0 Å². The molecule has 2 aromatic rings. The first-order chi connectivity index (χ1) is 10.1. The molecule has 1 unspecified atom stereocenters. The average Bonchev–Trinajstić information content (AvgIpc) is 2.86. The lowest BCUT2D eigenvalue weighted by molar-refractivity contribution is -0.118. The monoisotopic (exact) mass is 307 g/mol. The van der Waals surface area contributed by atoms with Crippen LogP contribution >= 0.6 is 11.8 Å². The van der Waals surface area contributed by atoms with Gasteiger partial charge in [-0.3, -0.25) is 4.79 Å². The number of nitrogens with one attached hydrogen (secondary N) is 1. The van der Waals surface area contributed by atoms with Gasteiger partial charge in [0.05, 0.1) is 6.61 Å². The maximum absolute atomic E-state index is 11.7. The van der Waals surface area contributed by atoms with Crippen LogP contribution in [0.2, 0.25) is 0 Å². The maximum Gasteiger partial charge on any atom is 0.243 e. The zero-order valence-electron chi connectivity index (χ0n) is 11.8. The van der Waals surface area contributed by atoms with Crippen molar-refractivity contribution in [3.05, 3.63) is 30.6 Å². The van der Waals surface area contributed by atoms with Crippen molar-refractivity contribution in [3.8, 4) is 0 Å². The van der Waals surface area contributed by atoms with Gasteiger partial charge in [0, 0.05) is 24.7 Å². The third-order valence-corrected chi connectivity index (χ3v) is 3.74. The van der Waals surface area contributed by atoms with Crippen molar-refractivity contribution in [3.63, 3.8) is 0 Å². The molecule has 0 spiro atoms. The summed E-state index contributed by atoms with van der Waals surface area (Å²) in [6, 6.07) is 6.75. The highest BCUT2D eigenvalue weighted by Crippen LogP contribution is 2.26. The fourth-order valence-electron chi connectivity index (χ4n) is 1.57. The zero-order chi connectivity index (χ0) is 15.2. The predicted octanol–water partition coefficient (Wildman–Crippen LogP) is 0.878. The number of anilines is 1. The van der Waals surface area contributed by atoms with Crippen LogP contribution in [0.5, 0.6) is 0 Å².